The van der Waals surface area contributed by atoms with Crippen LogP contribution < -0.4 is 4.74 Å². The smallest absolute Gasteiger partial charge is 0.246 e. The van der Waals surface area contributed by atoms with Crippen LogP contribution in [0.15, 0.2) is 54.1 Å². The number of hydrogen-bond acceptors (Lipinski definition) is 5. The molecule has 0 saturated carbocycles. The first-order valence-electron chi connectivity index (χ1n) is 8.67. The molecule has 1 fully saturated rings. The van der Waals surface area contributed by atoms with Crippen molar-refractivity contribution >= 4 is 34.4 Å². The van der Waals surface area contributed by atoms with Crippen molar-refractivity contribution in [3.05, 3.63) is 58.9 Å². The van der Waals surface area contributed by atoms with Gasteiger partial charge in [0.2, 0.25) is 11.8 Å². The summed E-state index contributed by atoms with van der Waals surface area (Å²) in [7, 11) is 0. The van der Waals surface area contributed by atoms with Crippen LogP contribution in [0.1, 0.15) is 17.7 Å². The predicted molar refractivity (Wildman–Crippen MR) is 103 cm³/mol. The zero-order valence-corrected chi connectivity index (χ0v) is 15.1. The van der Waals surface area contributed by atoms with E-state index in [0.717, 1.165) is 28.8 Å². The molecule has 1 aliphatic heterocycles. The van der Waals surface area contributed by atoms with E-state index in [4.69, 9.17) is 4.74 Å². The van der Waals surface area contributed by atoms with Gasteiger partial charge in [0.1, 0.15) is 6.10 Å². The standard InChI is InChI=1S/C20H19N3O2S/c24-20(8-7-16-4-3-13-26-16)23-11-9-15(10-12-23)25-19-14-21-17-5-1-2-6-18(17)22-19/h1-8,13-15H,9-12H2/b8-7+. The molecule has 1 aromatic carbocycles. The molecule has 3 heterocycles. The average molecular weight is 365 g/mol. The number of hydrogen-bond donors (Lipinski definition) is 0. The fourth-order valence-electron chi connectivity index (χ4n) is 3.01. The van der Waals surface area contributed by atoms with Crippen molar-refractivity contribution in [3.8, 4) is 5.88 Å². The van der Waals surface area contributed by atoms with Crippen LogP contribution in [-0.2, 0) is 4.79 Å². The number of likely N-dealkylation sites (tertiary alicyclic amines) is 1. The van der Waals surface area contributed by atoms with Crippen LogP contribution in [0.25, 0.3) is 17.1 Å². The molecule has 5 nitrogen and oxygen atoms in total. The van der Waals surface area contributed by atoms with Gasteiger partial charge in [-0.3, -0.25) is 4.79 Å². The molecule has 6 heteroatoms. The maximum Gasteiger partial charge on any atom is 0.246 e. The molecule has 3 aromatic rings. The van der Waals surface area contributed by atoms with Crippen molar-refractivity contribution in [2.75, 3.05) is 13.1 Å². The number of carbonyl (C=O) groups excluding carboxylic acids is 1. The van der Waals surface area contributed by atoms with E-state index in [2.05, 4.69) is 9.97 Å². The lowest BCUT2D eigenvalue weighted by Crippen LogP contribution is -2.41. The molecule has 1 amide bonds. The lowest BCUT2D eigenvalue weighted by Gasteiger charge is -2.31. The average Bonchev–Trinajstić information content (AvgIpc) is 3.20. The molecule has 0 aliphatic carbocycles. The molecule has 0 N–H and O–H groups in total. The number of amides is 1. The Morgan fingerprint density at radius 3 is 2.73 bits per heavy atom. The lowest BCUT2D eigenvalue weighted by atomic mass is 10.1. The molecular weight excluding hydrogens is 346 g/mol. The number of aromatic nitrogens is 2. The second-order valence-corrected chi connectivity index (χ2v) is 7.17. The quantitative estimate of drug-likeness (QED) is 0.661. The van der Waals surface area contributed by atoms with Gasteiger partial charge in [0.05, 0.1) is 17.2 Å². The van der Waals surface area contributed by atoms with Crippen molar-refractivity contribution in [1.82, 2.24) is 14.9 Å². The Balaban J connectivity index is 1.32. The molecule has 0 radical (unpaired) electrons. The highest BCUT2D eigenvalue weighted by Crippen LogP contribution is 2.19. The summed E-state index contributed by atoms with van der Waals surface area (Å²) in [6.07, 6.45) is 6.86. The Morgan fingerprint density at radius 2 is 1.96 bits per heavy atom. The van der Waals surface area contributed by atoms with Gasteiger partial charge in [0.15, 0.2) is 0 Å². The third kappa shape index (κ3) is 3.91. The molecule has 1 saturated heterocycles. The number of piperidine rings is 1. The van der Waals surface area contributed by atoms with Gasteiger partial charge in [-0.1, -0.05) is 18.2 Å². The van der Waals surface area contributed by atoms with Gasteiger partial charge in [-0.2, -0.15) is 0 Å². The highest BCUT2D eigenvalue weighted by atomic mass is 32.1. The van der Waals surface area contributed by atoms with E-state index >= 15 is 0 Å². The Labute approximate surface area is 156 Å². The minimum Gasteiger partial charge on any atom is -0.473 e. The van der Waals surface area contributed by atoms with Gasteiger partial charge in [0.25, 0.3) is 0 Å². The summed E-state index contributed by atoms with van der Waals surface area (Å²) in [5.41, 5.74) is 1.69. The molecule has 0 spiro atoms. The number of carbonyl (C=O) groups is 1. The van der Waals surface area contributed by atoms with E-state index in [1.54, 1.807) is 23.6 Å². The second-order valence-electron chi connectivity index (χ2n) is 6.19. The highest BCUT2D eigenvalue weighted by molar-refractivity contribution is 7.10. The molecule has 0 bridgehead atoms. The van der Waals surface area contributed by atoms with Crippen LogP contribution in [0.5, 0.6) is 5.88 Å². The summed E-state index contributed by atoms with van der Waals surface area (Å²) < 4.78 is 5.98. The molecule has 0 atom stereocenters. The van der Waals surface area contributed by atoms with E-state index in [9.17, 15) is 4.79 Å². The van der Waals surface area contributed by atoms with Crippen LogP contribution >= 0.6 is 11.3 Å². The summed E-state index contributed by atoms with van der Waals surface area (Å²) in [6.45, 7) is 1.39. The number of nitrogens with zero attached hydrogens (tertiary/aromatic N) is 3. The number of rotatable bonds is 4. The first-order chi connectivity index (χ1) is 12.8. The Kier molecular flexibility index (Phi) is 4.93. The normalized spacial score (nSPS) is 15.6. The maximum absolute atomic E-state index is 12.3. The zero-order chi connectivity index (χ0) is 17.8. The van der Waals surface area contributed by atoms with Gasteiger partial charge in [-0.05, 0) is 29.7 Å². The summed E-state index contributed by atoms with van der Waals surface area (Å²) in [4.78, 5) is 24.1. The van der Waals surface area contributed by atoms with Gasteiger partial charge in [-0.25, -0.2) is 9.97 Å². The van der Waals surface area contributed by atoms with Crippen LogP contribution in [0.2, 0.25) is 0 Å². The molecule has 132 valence electrons. The summed E-state index contributed by atoms with van der Waals surface area (Å²) in [5, 5.41) is 2.00. The van der Waals surface area contributed by atoms with Crippen LogP contribution in [0.4, 0.5) is 0 Å². The van der Waals surface area contributed by atoms with Crippen molar-refractivity contribution in [2.45, 2.75) is 18.9 Å². The van der Waals surface area contributed by atoms with E-state index in [1.807, 2.05) is 52.8 Å². The Bertz CT molecular complexity index is 916. The van der Waals surface area contributed by atoms with Crippen LogP contribution in [-0.4, -0.2) is 40.0 Å². The maximum atomic E-state index is 12.3. The van der Waals surface area contributed by atoms with E-state index in [-0.39, 0.29) is 12.0 Å². The van der Waals surface area contributed by atoms with Gasteiger partial charge < -0.3 is 9.64 Å². The number of para-hydroxylation sites is 2. The molecule has 1 aliphatic rings. The van der Waals surface area contributed by atoms with Crippen molar-refractivity contribution in [2.24, 2.45) is 0 Å². The van der Waals surface area contributed by atoms with Crippen molar-refractivity contribution in [3.63, 3.8) is 0 Å². The predicted octanol–water partition coefficient (Wildman–Crippen LogP) is 3.77. The van der Waals surface area contributed by atoms with Crippen LogP contribution in [0, 0.1) is 0 Å². The largest absolute Gasteiger partial charge is 0.473 e. The summed E-state index contributed by atoms with van der Waals surface area (Å²) in [5.74, 6) is 0.605. The van der Waals surface area contributed by atoms with Gasteiger partial charge in [-0.15, -0.1) is 11.3 Å². The van der Waals surface area contributed by atoms with Crippen LogP contribution in [0.3, 0.4) is 0 Å². The number of benzene rings is 1. The number of fused-ring (bicyclic) bond motifs is 1. The van der Waals surface area contributed by atoms with Crippen molar-refractivity contribution < 1.29 is 9.53 Å². The fourth-order valence-corrected chi connectivity index (χ4v) is 3.62. The molecular formula is C20H19N3O2S. The molecule has 0 unspecified atom stereocenters. The third-order valence-corrected chi connectivity index (χ3v) is 5.24. The zero-order valence-electron chi connectivity index (χ0n) is 14.2. The minimum absolute atomic E-state index is 0.0577. The van der Waals surface area contributed by atoms with Gasteiger partial charge >= 0.3 is 0 Å². The summed E-state index contributed by atoms with van der Waals surface area (Å²) in [6, 6.07) is 11.7. The second kappa shape index (κ2) is 7.66. The minimum atomic E-state index is 0.0577. The lowest BCUT2D eigenvalue weighted by molar-refractivity contribution is -0.127. The Morgan fingerprint density at radius 1 is 1.15 bits per heavy atom. The fraction of sp³-hybridized carbons (Fsp3) is 0.250. The van der Waals surface area contributed by atoms with E-state index in [1.165, 1.54) is 0 Å². The van der Waals surface area contributed by atoms with Crippen molar-refractivity contribution in [1.29, 1.82) is 0 Å². The molecule has 4 rings (SSSR count). The molecule has 26 heavy (non-hydrogen) atoms. The van der Waals surface area contributed by atoms with E-state index < -0.39 is 0 Å². The first-order valence-corrected chi connectivity index (χ1v) is 9.55. The SMILES string of the molecule is O=C(/C=C/c1cccs1)N1CCC(Oc2cnc3ccccc3n2)CC1. The summed E-state index contributed by atoms with van der Waals surface area (Å²) >= 11 is 1.62. The molecule has 2 aromatic heterocycles. The third-order valence-electron chi connectivity index (χ3n) is 4.40. The Hall–Kier alpha value is -2.73. The first kappa shape index (κ1) is 16.7. The van der Waals surface area contributed by atoms with E-state index in [0.29, 0.717) is 19.0 Å². The van der Waals surface area contributed by atoms with Gasteiger partial charge in [0, 0.05) is 36.9 Å². The monoisotopic (exact) mass is 365 g/mol. The topological polar surface area (TPSA) is 55.3 Å². The number of thiophene rings is 1. The highest BCUT2D eigenvalue weighted by Gasteiger charge is 2.23. The number of ether oxygens (including phenoxy) is 1.